The summed E-state index contributed by atoms with van der Waals surface area (Å²) in [4.78, 5) is 14.3. The Kier molecular flexibility index (Phi) is 4.62. The number of likely N-dealkylation sites (tertiary alicyclic amines) is 1. The number of nitrogens with one attached hydrogen (secondary N) is 1. The monoisotopic (exact) mass is 294 g/mol. The first kappa shape index (κ1) is 14.8. The van der Waals surface area contributed by atoms with Crippen molar-refractivity contribution in [1.29, 1.82) is 0 Å². The van der Waals surface area contributed by atoms with Crippen LogP contribution in [-0.4, -0.2) is 40.1 Å². The summed E-state index contributed by atoms with van der Waals surface area (Å²) in [6.45, 7) is 1.38. The van der Waals surface area contributed by atoms with E-state index in [0.717, 1.165) is 36.0 Å². The molecule has 3 N–H and O–H groups in total. The maximum absolute atomic E-state index is 12.3. The molecule has 1 aliphatic heterocycles. The minimum atomic E-state index is 0. The van der Waals surface area contributed by atoms with Crippen LogP contribution in [0.1, 0.15) is 18.5 Å². The molecule has 1 saturated heterocycles. The van der Waals surface area contributed by atoms with Gasteiger partial charge in [0.2, 0.25) is 5.91 Å². The van der Waals surface area contributed by atoms with Gasteiger partial charge in [0.05, 0.1) is 17.6 Å². The second-order valence-corrected chi connectivity index (χ2v) is 5.01. The summed E-state index contributed by atoms with van der Waals surface area (Å²) in [5.74, 6) is 0.141. The minimum Gasteiger partial charge on any atom is -0.338 e. The zero-order valence-electron chi connectivity index (χ0n) is 11.2. The maximum atomic E-state index is 12.3. The molecule has 1 aliphatic rings. The molecule has 1 aromatic carbocycles. The van der Waals surface area contributed by atoms with Gasteiger partial charge in [-0.2, -0.15) is 5.10 Å². The Labute approximate surface area is 123 Å². The largest absolute Gasteiger partial charge is 0.338 e. The summed E-state index contributed by atoms with van der Waals surface area (Å²) in [5, 5.41) is 8.22. The lowest BCUT2D eigenvalue weighted by atomic mass is 10.1. The summed E-state index contributed by atoms with van der Waals surface area (Å²) in [5.41, 5.74) is 7.51. The van der Waals surface area contributed by atoms with E-state index in [4.69, 9.17) is 5.73 Å². The fourth-order valence-corrected chi connectivity index (χ4v) is 2.81. The van der Waals surface area contributed by atoms with Crippen LogP contribution in [0.3, 0.4) is 0 Å². The van der Waals surface area contributed by atoms with Crippen molar-refractivity contribution in [3.8, 4) is 0 Å². The average molecular weight is 295 g/mol. The van der Waals surface area contributed by atoms with Gasteiger partial charge in [0.25, 0.3) is 0 Å². The van der Waals surface area contributed by atoms with E-state index in [0.29, 0.717) is 13.0 Å². The molecule has 1 unspecified atom stereocenters. The van der Waals surface area contributed by atoms with Crippen LogP contribution in [-0.2, 0) is 11.2 Å². The summed E-state index contributed by atoms with van der Waals surface area (Å²) >= 11 is 0. The number of rotatable bonds is 3. The van der Waals surface area contributed by atoms with E-state index in [2.05, 4.69) is 10.2 Å². The highest BCUT2D eigenvalue weighted by molar-refractivity contribution is 5.87. The number of aromatic amines is 1. The zero-order chi connectivity index (χ0) is 13.2. The summed E-state index contributed by atoms with van der Waals surface area (Å²) in [6.07, 6.45) is 2.44. The van der Waals surface area contributed by atoms with Crippen LogP contribution < -0.4 is 5.73 Å². The number of carbonyl (C=O) groups excluding carboxylic acids is 1. The van der Waals surface area contributed by atoms with Crippen molar-refractivity contribution in [3.63, 3.8) is 0 Å². The molecule has 0 spiro atoms. The second kappa shape index (κ2) is 6.24. The number of amides is 1. The van der Waals surface area contributed by atoms with Crippen LogP contribution in [0.5, 0.6) is 0 Å². The van der Waals surface area contributed by atoms with Gasteiger partial charge in [0, 0.05) is 24.5 Å². The summed E-state index contributed by atoms with van der Waals surface area (Å²) in [7, 11) is 0. The van der Waals surface area contributed by atoms with Crippen molar-refractivity contribution in [3.05, 3.63) is 30.0 Å². The summed E-state index contributed by atoms with van der Waals surface area (Å²) in [6, 6.07) is 8.05. The van der Waals surface area contributed by atoms with Crippen molar-refractivity contribution in [2.45, 2.75) is 25.3 Å². The minimum absolute atomic E-state index is 0. The average Bonchev–Trinajstić information content (AvgIpc) is 3.05. The van der Waals surface area contributed by atoms with Crippen LogP contribution in [0.15, 0.2) is 24.3 Å². The van der Waals surface area contributed by atoms with Crippen molar-refractivity contribution >= 4 is 29.2 Å². The van der Waals surface area contributed by atoms with Gasteiger partial charge in [-0.15, -0.1) is 12.4 Å². The molecule has 0 aliphatic carbocycles. The Hall–Kier alpha value is -1.59. The lowest BCUT2D eigenvalue weighted by Gasteiger charge is -2.23. The first-order chi connectivity index (χ1) is 9.29. The molecule has 1 amide bonds. The van der Waals surface area contributed by atoms with Gasteiger partial charge in [-0.25, -0.2) is 0 Å². The molecule has 20 heavy (non-hydrogen) atoms. The Balaban J connectivity index is 0.00000147. The number of halogens is 1. The fraction of sp³-hybridized carbons (Fsp3) is 0.429. The standard InChI is InChI=1S/C14H18N4O.ClH/c15-9-10-4-3-7-18(10)14(19)8-13-11-5-1-2-6-12(11)16-17-13;/h1-2,5-6,10H,3-4,7-9,15H2,(H,16,17);1H. The number of H-pyrrole nitrogens is 1. The van der Waals surface area contributed by atoms with Crippen LogP contribution in [0.4, 0.5) is 0 Å². The molecule has 0 bridgehead atoms. The van der Waals surface area contributed by atoms with Crippen molar-refractivity contribution in [2.75, 3.05) is 13.1 Å². The van der Waals surface area contributed by atoms with E-state index in [1.165, 1.54) is 0 Å². The number of benzene rings is 1. The SMILES string of the molecule is Cl.NCC1CCCN1C(=O)Cc1[nH]nc2ccccc12. The first-order valence-electron chi connectivity index (χ1n) is 6.71. The van der Waals surface area contributed by atoms with E-state index >= 15 is 0 Å². The topological polar surface area (TPSA) is 75.0 Å². The van der Waals surface area contributed by atoms with E-state index in [1.54, 1.807) is 0 Å². The number of para-hydroxylation sites is 1. The molecule has 1 atom stereocenters. The van der Waals surface area contributed by atoms with E-state index in [1.807, 2.05) is 29.2 Å². The highest BCUT2D eigenvalue weighted by atomic mass is 35.5. The van der Waals surface area contributed by atoms with Crippen LogP contribution >= 0.6 is 12.4 Å². The van der Waals surface area contributed by atoms with E-state index < -0.39 is 0 Å². The quantitative estimate of drug-likeness (QED) is 0.900. The zero-order valence-corrected chi connectivity index (χ0v) is 12.0. The van der Waals surface area contributed by atoms with Gasteiger partial charge < -0.3 is 10.6 Å². The van der Waals surface area contributed by atoms with Crippen LogP contribution in [0.2, 0.25) is 0 Å². The fourth-order valence-electron chi connectivity index (χ4n) is 2.81. The Morgan fingerprint density at radius 1 is 1.45 bits per heavy atom. The molecule has 1 aromatic heterocycles. The van der Waals surface area contributed by atoms with Gasteiger partial charge in [0.1, 0.15) is 0 Å². The van der Waals surface area contributed by atoms with Crippen LogP contribution in [0, 0.1) is 0 Å². The first-order valence-corrected chi connectivity index (χ1v) is 6.71. The maximum Gasteiger partial charge on any atom is 0.228 e. The Morgan fingerprint density at radius 3 is 3.05 bits per heavy atom. The Morgan fingerprint density at radius 2 is 2.25 bits per heavy atom. The van der Waals surface area contributed by atoms with E-state index in [9.17, 15) is 4.79 Å². The van der Waals surface area contributed by atoms with Gasteiger partial charge in [0.15, 0.2) is 0 Å². The normalized spacial score (nSPS) is 18.2. The molecule has 1 fully saturated rings. The predicted octanol–water partition coefficient (Wildman–Crippen LogP) is 1.48. The number of fused-ring (bicyclic) bond motifs is 1. The van der Waals surface area contributed by atoms with Crippen molar-refractivity contribution < 1.29 is 4.79 Å². The molecule has 2 aromatic rings. The number of hydrogen-bond donors (Lipinski definition) is 2. The third-order valence-electron chi connectivity index (χ3n) is 3.84. The highest BCUT2D eigenvalue weighted by Crippen LogP contribution is 2.20. The molecule has 5 nitrogen and oxygen atoms in total. The van der Waals surface area contributed by atoms with Gasteiger partial charge >= 0.3 is 0 Å². The lowest BCUT2D eigenvalue weighted by Crippen LogP contribution is -2.40. The number of hydrogen-bond acceptors (Lipinski definition) is 3. The molecule has 108 valence electrons. The van der Waals surface area contributed by atoms with Crippen molar-refractivity contribution in [1.82, 2.24) is 15.1 Å². The highest BCUT2D eigenvalue weighted by Gasteiger charge is 2.27. The molecule has 0 radical (unpaired) electrons. The second-order valence-electron chi connectivity index (χ2n) is 5.01. The van der Waals surface area contributed by atoms with Gasteiger partial charge in [-0.05, 0) is 18.9 Å². The van der Waals surface area contributed by atoms with Gasteiger partial charge in [-0.3, -0.25) is 9.89 Å². The molecule has 2 heterocycles. The van der Waals surface area contributed by atoms with Crippen molar-refractivity contribution in [2.24, 2.45) is 5.73 Å². The number of aromatic nitrogens is 2. The third-order valence-corrected chi connectivity index (χ3v) is 3.84. The predicted molar refractivity (Wildman–Crippen MR) is 80.8 cm³/mol. The van der Waals surface area contributed by atoms with E-state index in [-0.39, 0.29) is 24.4 Å². The molecule has 6 heteroatoms. The Bertz CT molecular complexity index is 598. The number of nitrogens with two attached hydrogens (primary N) is 1. The third kappa shape index (κ3) is 2.64. The molecular weight excluding hydrogens is 276 g/mol. The smallest absolute Gasteiger partial charge is 0.228 e. The van der Waals surface area contributed by atoms with Gasteiger partial charge in [-0.1, -0.05) is 18.2 Å². The lowest BCUT2D eigenvalue weighted by molar-refractivity contribution is -0.131. The summed E-state index contributed by atoms with van der Waals surface area (Å²) < 4.78 is 0. The molecule has 3 rings (SSSR count). The number of carbonyl (C=O) groups is 1. The molecular formula is C14H19ClN4O. The molecule has 0 saturated carbocycles. The van der Waals surface area contributed by atoms with Crippen LogP contribution in [0.25, 0.3) is 10.9 Å². The number of nitrogens with zero attached hydrogens (tertiary/aromatic N) is 2.